The van der Waals surface area contributed by atoms with Gasteiger partial charge in [-0.1, -0.05) is 6.92 Å². The second-order valence-corrected chi connectivity index (χ2v) is 2.59. The second-order valence-electron chi connectivity index (χ2n) is 1.88. The number of nitrogens with zero attached hydrogens (tertiary/aromatic N) is 2. The molecule has 56 valence electrons. The molecule has 1 N–H and O–H groups in total. The molecule has 3 nitrogen and oxygen atoms in total. The van der Waals surface area contributed by atoms with Gasteiger partial charge in [-0.25, -0.2) is 0 Å². The highest BCUT2D eigenvalue weighted by molar-refractivity contribution is 7.96. The number of hydrazine groups is 1. The van der Waals surface area contributed by atoms with Crippen LogP contribution in [0.4, 0.5) is 0 Å². The fourth-order valence-corrected chi connectivity index (χ4v) is 1.02. The van der Waals surface area contributed by atoms with Gasteiger partial charge >= 0.3 is 0 Å². The summed E-state index contributed by atoms with van der Waals surface area (Å²) < 4.78 is 1.73. The molecule has 0 radical (unpaired) electrons. The number of hydrogen-bond acceptors (Lipinski definition) is 4. The summed E-state index contributed by atoms with van der Waals surface area (Å²) in [5, 5.41) is 4.03. The van der Waals surface area contributed by atoms with Crippen molar-refractivity contribution in [1.82, 2.24) is 9.95 Å². The highest BCUT2D eigenvalue weighted by Gasteiger charge is 2.02. The van der Waals surface area contributed by atoms with Gasteiger partial charge in [0.15, 0.2) is 0 Å². The molecule has 1 aliphatic rings. The lowest BCUT2D eigenvalue weighted by Gasteiger charge is -2.21. The Morgan fingerprint density at radius 3 is 3.20 bits per heavy atom. The van der Waals surface area contributed by atoms with Gasteiger partial charge in [0.05, 0.1) is 6.21 Å². The summed E-state index contributed by atoms with van der Waals surface area (Å²) in [5.74, 6) is 0. The van der Waals surface area contributed by atoms with Crippen LogP contribution in [0.5, 0.6) is 0 Å². The Labute approximate surface area is 65.3 Å². The van der Waals surface area contributed by atoms with Crippen LogP contribution >= 0.6 is 11.9 Å². The first-order valence-electron chi connectivity index (χ1n) is 3.21. The Kier molecular flexibility index (Phi) is 2.62. The number of allylic oxidation sites excluding steroid dienone is 2. The zero-order valence-electron chi connectivity index (χ0n) is 6.16. The lowest BCUT2D eigenvalue weighted by atomic mass is 10.3. The molecule has 0 aromatic carbocycles. The molecule has 0 aromatic rings. The SMILES string of the molecule is CCC1=CC=NN(SC)N1. The van der Waals surface area contributed by atoms with E-state index in [0.29, 0.717) is 0 Å². The summed E-state index contributed by atoms with van der Waals surface area (Å²) >= 11 is 1.55. The van der Waals surface area contributed by atoms with Crippen molar-refractivity contribution in [2.45, 2.75) is 13.3 Å². The third-order valence-electron chi connectivity index (χ3n) is 1.24. The van der Waals surface area contributed by atoms with E-state index in [1.54, 1.807) is 22.7 Å². The van der Waals surface area contributed by atoms with Crippen LogP contribution in [0.2, 0.25) is 0 Å². The van der Waals surface area contributed by atoms with Crippen LogP contribution < -0.4 is 5.43 Å². The van der Waals surface area contributed by atoms with E-state index >= 15 is 0 Å². The maximum atomic E-state index is 4.03. The molecule has 4 heteroatoms. The highest BCUT2D eigenvalue weighted by Crippen LogP contribution is 2.08. The van der Waals surface area contributed by atoms with Crippen molar-refractivity contribution < 1.29 is 0 Å². The van der Waals surface area contributed by atoms with E-state index in [1.807, 2.05) is 12.3 Å². The Morgan fingerprint density at radius 1 is 1.80 bits per heavy atom. The average molecular weight is 157 g/mol. The van der Waals surface area contributed by atoms with Crippen molar-refractivity contribution in [2.75, 3.05) is 6.26 Å². The summed E-state index contributed by atoms with van der Waals surface area (Å²) in [7, 11) is 0. The van der Waals surface area contributed by atoms with Crippen LogP contribution in [0.3, 0.4) is 0 Å². The third-order valence-corrected chi connectivity index (χ3v) is 1.77. The minimum atomic E-state index is 1.02. The summed E-state index contributed by atoms with van der Waals surface area (Å²) in [5.41, 5.74) is 4.31. The largest absolute Gasteiger partial charge is 0.276 e. The molecular formula is C6H11N3S. The van der Waals surface area contributed by atoms with Gasteiger partial charge in [0, 0.05) is 12.0 Å². The fraction of sp³-hybridized carbons (Fsp3) is 0.500. The monoisotopic (exact) mass is 157 g/mol. The smallest absolute Gasteiger partial charge is 0.0519 e. The van der Waals surface area contributed by atoms with E-state index in [-0.39, 0.29) is 0 Å². The molecule has 0 unspecified atom stereocenters. The minimum Gasteiger partial charge on any atom is -0.276 e. The lowest BCUT2D eigenvalue weighted by molar-refractivity contribution is 0.406. The first kappa shape index (κ1) is 7.47. The number of hydrazone groups is 1. The Morgan fingerprint density at radius 2 is 2.60 bits per heavy atom. The predicted molar refractivity (Wildman–Crippen MR) is 45.4 cm³/mol. The molecule has 0 fully saturated rings. The molecule has 0 saturated heterocycles. The quantitative estimate of drug-likeness (QED) is 0.613. The van der Waals surface area contributed by atoms with E-state index in [2.05, 4.69) is 17.5 Å². The number of hydrogen-bond donors (Lipinski definition) is 1. The zero-order valence-corrected chi connectivity index (χ0v) is 6.98. The zero-order chi connectivity index (χ0) is 7.40. The van der Waals surface area contributed by atoms with Crippen LogP contribution in [-0.2, 0) is 0 Å². The first-order valence-corrected chi connectivity index (χ1v) is 4.39. The van der Waals surface area contributed by atoms with E-state index in [9.17, 15) is 0 Å². The Balaban J connectivity index is 2.50. The van der Waals surface area contributed by atoms with Gasteiger partial charge in [-0.3, -0.25) is 5.43 Å². The van der Waals surface area contributed by atoms with E-state index in [4.69, 9.17) is 0 Å². The standard InChI is InChI=1S/C6H11N3S/c1-3-6-4-5-7-9(8-6)10-2/h4-5,8H,3H2,1-2H3. The van der Waals surface area contributed by atoms with Gasteiger partial charge in [0.2, 0.25) is 0 Å². The van der Waals surface area contributed by atoms with Crippen molar-refractivity contribution in [3.8, 4) is 0 Å². The van der Waals surface area contributed by atoms with Gasteiger partial charge < -0.3 is 0 Å². The third kappa shape index (κ3) is 1.67. The van der Waals surface area contributed by atoms with Crippen molar-refractivity contribution in [1.29, 1.82) is 0 Å². The molecule has 10 heavy (non-hydrogen) atoms. The van der Waals surface area contributed by atoms with Gasteiger partial charge in [0.25, 0.3) is 0 Å². The van der Waals surface area contributed by atoms with Gasteiger partial charge in [-0.05, 0) is 24.4 Å². The molecule has 0 atom stereocenters. The fourth-order valence-electron chi connectivity index (χ4n) is 0.663. The molecule has 1 heterocycles. The Bertz CT molecular complexity index is 164. The second kappa shape index (κ2) is 3.51. The summed E-state index contributed by atoms with van der Waals surface area (Å²) in [6.45, 7) is 2.11. The molecular weight excluding hydrogens is 146 g/mol. The summed E-state index contributed by atoms with van der Waals surface area (Å²) in [6.07, 6.45) is 6.77. The predicted octanol–water partition coefficient (Wildman–Crippen LogP) is 1.36. The van der Waals surface area contributed by atoms with Crippen LogP contribution in [0.15, 0.2) is 16.9 Å². The van der Waals surface area contributed by atoms with E-state index < -0.39 is 0 Å². The maximum absolute atomic E-state index is 4.03. The molecule has 0 bridgehead atoms. The van der Waals surface area contributed by atoms with Crippen LogP contribution in [0, 0.1) is 0 Å². The first-order chi connectivity index (χ1) is 4.86. The maximum Gasteiger partial charge on any atom is 0.0519 e. The minimum absolute atomic E-state index is 1.02. The molecule has 0 saturated carbocycles. The van der Waals surface area contributed by atoms with Gasteiger partial charge in [-0.15, -0.1) is 4.52 Å². The lowest BCUT2D eigenvalue weighted by Crippen LogP contribution is -2.28. The number of rotatable bonds is 2. The molecule has 0 aromatic heterocycles. The average Bonchev–Trinajstić information content (AvgIpc) is 2.05. The highest BCUT2D eigenvalue weighted by atomic mass is 32.2. The van der Waals surface area contributed by atoms with Gasteiger partial charge in [-0.2, -0.15) is 5.10 Å². The topological polar surface area (TPSA) is 27.6 Å². The van der Waals surface area contributed by atoms with Crippen molar-refractivity contribution in [2.24, 2.45) is 5.10 Å². The summed E-state index contributed by atoms with van der Waals surface area (Å²) in [4.78, 5) is 0. The van der Waals surface area contributed by atoms with E-state index in [1.165, 1.54) is 5.70 Å². The molecule has 0 aliphatic carbocycles. The molecule has 1 aliphatic heterocycles. The van der Waals surface area contributed by atoms with Crippen molar-refractivity contribution in [3.05, 3.63) is 11.8 Å². The van der Waals surface area contributed by atoms with Crippen LogP contribution in [0.25, 0.3) is 0 Å². The Hall–Kier alpha value is -0.640. The normalized spacial score (nSPS) is 16.6. The van der Waals surface area contributed by atoms with Crippen molar-refractivity contribution >= 4 is 18.2 Å². The van der Waals surface area contributed by atoms with Crippen LogP contribution in [-0.4, -0.2) is 17.0 Å². The number of nitrogens with one attached hydrogen (secondary N) is 1. The van der Waals surface area contributed by atoms with Gasteiger partial charge in [0.1, 0.15) is 0 Å². The van der Waals surface area contributed by atoms with E-state index in [0.717, 1.165) is 6.42 Å². The molecule has 0 amide bonds. The molecule has 0 spiro atoms. The van der Waals surface area contributed by atoms with Crippen LogP contribution in [0.1, 0.15) is 13.3 Å². The summed E-state index contributed by atoms with van der Waals surface area (Å²) in [6, 6.07) is 0. The van der Waals surface area contributed by atoms with Crippen molar-refractivity contribution in [3.63, 3.8) is 0 Å². The molecule has 1 rings (SSSR count).